The van der Waals surface area contributed by atoms with Crippen LogP contribution in [0, 0.1) is 11.3 Å². The Balaban J connectivity index is 1.32. The second kappa shape index (κ2) is 10.6. The molecule has 0 radical (unpaired) electrons. The minimum Gasteiger partial charge on any atom is -0.497 e. The summed E-state index contributed by atoms with van der Waals surface area (Å²) in [6, 6.07) is 25.4. The highest BCUT2D eigenvalue weighted by Gasteiger charge is 2.38. The number of anilines is 1. The Labute approximate surface area is 219 Å². The summed E-state index contributed by atoms with van der Waals surface area (Å²) >= 11 is 7.74. The number of carbonyl (C=O) groups is 1. The molecule has 0 spiro atoms. The Morgan fingerprint density at radius 1 is 1.06 bits per heavy atom. The molecule has 1 fully saturated rings. The molecule has 1 amide bonds. The van der Waals surface area contributed by atoms with Crippen molar-refractivity contribution in [2.45, 2.75) is 18.9 Å². The molecule has 6 nitrogen and oxygen atoms in total. The van der Waals surface area contributed by atoms with Crippen molar-refractivity contribution in [1.29, 1.82) is 5.26 Å². The topological polar surface area (TPSA) is 65.8 Å². The Bertz CT molecular complexity index is 1340. The molecular weight excluding hydrogens is 494 g/mol. The highest BCUT2D eigenvalue weighted by molar-refractivity contribution is 8.03. The van der Waals surface area contributed by atoms with E-state index in [1.54, 1.807) is 12.0 Å². The Morgan fingerprint density at radius 3 is 2.47 bits per heavy atom. The lowest BCUT2D eigenvalue weighted by molar-refractivity contribution is -0.129. The van der Waals surface area contributed by atoms with Crippen LogP contribution < -0.4 is 14.4 Å². The molecule has 182 valence electrons. The Morgan fingerprint density at radius 2 is 1.78 bits per heavy atom. The molecule has 0 unspecified atom stereocenters. The van der Waals surface area contributed by atoms with Crippen LogP contribution in [0.1, 0.15) is 23.5 Å². The van der Waals surface area contributed by atoms with Gasteiger partial charge in [0.15, 0.2) is 0 Å². The molecule has 3 aromatic carbocycles. The van der Waals surface area contributed by atoms with E-state index < -0.39 is 0 Å². The van der Waals surface area contributed by atoms with Crippen LogP contribution in [0.15, 0.2) is 83.4 Å². The molecule has 0 aromatic heterocycles. The summed E-state index contributed by atoms with van der Waals surface area (Å²) in [6.07, 6.45) is 0.253. The number of hydrogen-bond donors (Lipinski definition) is 0. The smallest absolute Gasteiger partial charge is 0.229 e. The second-order valence-corrected chi connectivity index (χ2v) is 9.85. The van der Waals surface area contributed by atoms with Crippen LogP contribution in [0.2, 0.25) is 5.02 Å². The molecule has 8 heteroatoms. The van der Waals surface area contributed by atoms with Crippen molar-refractivity contribution in [3.8, 4) is 17.6 Å². The number of ether oxygens (including phenoxy) is 2. The standard InChI is InChI=1S/C28H24ClN3O3S/c1-34-22-12-8-21(9-13-22)31-17-32-27(33)14-24(25(15-30)28(32)36-18-31)19-6-10-23(11-7-19)35-16-20-4-2-3-5-26(20)29/h2-13,24H,14,16-18H2,1H3/t24-/m1/s1. The fraction of sp³-hybridized carbons (Fsp3) is 0.214. The average Bonchev–Trinajstić information content (AvgIpc) is 2.93. The summed E-state index contributed by atoms with van der Waals surface area (Å²) in [6.45, 7) is 0.783. The maximum Gasteiger partial charge on any atom is 0.229 e. The number of nitrogens with zero attached hydrogens (tertiary/aromatic N) is 3. The normalized spacial score (nSPS) is 17.5. The van der Waals surface area contributed by atoms with Crippen LogP contribution in [0.25, 0.3) is 0 Å². The fourth-order valence-electron chi connectivity index (χ4n) is 4.38. The first kappa shape index (κ1) is 24.1. The van der Waals surface area contributed by atoms with E-state index in [0.717, 1.165) is 27.6 Å². The van der Waals surface area contributed by atoms with Crippen molar-refractivity contribution in [2.24, 2.45) is 0 Å². The number of nitriles is 1. The lowest BCUT2D eigenvalue weighted by Gasteiger charge is -2.42. The van der Waals surface area contributed by atoms with E-state index in [2.05, 4.69) is 11.0 Å². The molecule has 36 heavy (non-hydrogen) atoms. The summed E-state index contributed by atoms with van der Waals surface area (Å²) in [5.74, 6) is 1.88. The van der Waals surface area contributed by atoms with E-state index in [4.69, 9.17) is 21.1 Å². The molecule has 2 heterocycles. The van der Waals surface area contributed by atoms with Gasteiger partial charge in [-0.25, -0.2) is 0 Å². The van der Waals surface area contributed by atoms with Gasteiger partial charge in [-0.05, 0) is 48.0 Å². The molecule has 5 rings (SSSR count). The molecule has 1 atom stereocenters. The van der Waals surface area contributed by atoms with Crippen molar-refractivity contribution in [1.82, 2.24) is 4.90 Å². The molecule has 0 aliphatic carbocycles. The SMILES string of the molecule is COc1ccc(N2CSC3=C(C#N)[C@@H](c4ccc(OCc5ccccc5Cl)cc4)CC(=O)N3C2)cc1. The van der Waals surface area contributed by atoms with Crippen molar-refractivity contribution in [2.75, 3.05) is 24.6 Å². The van der Waals surface area contributed by atoms with Gasteiger partial charge in [0.1, 0.15) is 18.1 Å². The van der Waals surface area contributed by atoms with Crippen molar-refractivity contribution < 1.29 is 14.3 Å². The van der Waals surface area contributed by atoms with E-state index in [9.17, 15) is 10.1 Å². The fourth-order valence-corrected chi connectivity index (χ4v) is 5.73. The van der Waals surface area contributed by atoms with Gasteiger partial charge in [-0.1, -0.05) is 53.7 Å². The van der Waals surface area contributed by atoms with E-state index in [1.165, 1.54) is 11.8 Å². The number of thioether (sulfide) groups is 1. The molecule has 0 bridgehead atoms. The van der Waals surface area contributed by atoms with Crippen LogP contribution in [0.3, 0.4) is 0 Å². The lowest BCUT2D eigenvalue weighted by Crippen LogP contribution is -2.47. The molecule has 3 aromatic rings. The maximum absolute atomic E-state index is 13.2. The van der Waals surface area contributed by atoms with Gasteiger partial charge in [0, 0.05) is 28.6 Å². The van der Waals surface area contributed by atoms with Gasteiger partial charge in [-0.3, -0.25) is 9.69 Å². The van der Waals surface area contributed by atoms with Crippen molar-refractivity contribution >= 4 is 35.0 Å². The quantitative estimate of drug-likeness (QED) is 0.391. The van der Waals surface area contributed by atoms with Gasteiger partial charge in [0.25, 0.3) is 0 Å². The largest absolute Gasteiger partial charge is 0.497 e. The Hall–Kier alpha value is -3.60. The third kappa shape index (κ3) is 4.88. The zero-order valence-electron chi connectivity index (χ0n) is 19.7. The summed E-state index contributed by atoms with van der Waals surface area (Å²) < 4.78 is 11.1. The Kier molecular flexibility index (Phi) is 7.08. The third-order valence-electron chi connectivity index (χ3n) is 6.37. The first-order valence-corrected chi connectivity index (χ1v) is 12.9. The molecule has 2 aliphatic heterocycles. The van der Waals surface area contributed by atoms with E-state index in [1.807, 2.05) is 72.8 Å². The van der Waals surface area contributed by atoms with Crippen LogP contribution in [0.4, 0.5) is 5.69 Å². The number of allylic oxidation sites excluding steroid dienone is 1. The predicted octanol–water partition coefficient (Wildman–Crippen LogP) is 6.15. The number of hydrogen-bond acceptors (Lipinski definition) is 6. The zero-order valence-corrected chi connectivity index (χ0v) is 21.3. The third-order valence-corrected chi connectivity index (χ3v) is 7.89. The van der Waals surface area contributed by atoms with E-state index in [-0.39, 0.29) is 18.2 Å². The van der Waals surface area contributed by atoms with Crippen molar-refractivity contribution in [3.63, 3.8) is 0 Å². The second-order valence-electron chi connectivity index (χ2n) is 8.51. The van der Waals surface area contributed by atoms with Crippen LogP contribution in [0.5, 0.6) is 11.5 Å². The number of rotatable bonds is 6. The van der Waals surface area contributed by atoms with Crippen LogP contribution in [-0.4, -0.2) is 30.5 Å². The van der Waals surface area contributed by atoms with E-state index in [0.29, 0.717) is 35.5 Å². The van der Waals surface area contributed by atoms with Gasteiger partial charge in [0.2, 0.25) is 5.91 Å². The number of carbonyl (C=O) groups excluding carboxylic acids is 1. The molecule has 0 N–H and O–H groups in total. The number of benzene rings is 3. The summed E-state index contributed by atoms with van der Waals surface area (Å²) in [5, 5.41) is 11.5. The number of amides is 1. The molecule has 0 saturated carbocycles. The monoisotopic (exact) mass is 517 g/mol. The predicted molar refractivity (Wildman–Crippen MR) is 142 cm³/mol. The molecular formula is C28H24ClN3O3S. The summed E-state index contributed by atoms with van der Waals surface area (Å²) in [5.41, 5.74) is 3.48. The first-order valence-electron chi connectivity index (χ1n) is 11.5. The molecule has 2 aliphatic rings. The number of methoxy groups -OCH3 is 1. The average molecular weight is 518 g/mol. The number of fused-ring (bicyclic) bond motifs is 1. The van der Waals surface area contributed by atoms with Gasteiger partial charge >= 0.3 is 0 Å². The van der Waals surface area contributed by atoms with Crippen molar-refractivity contribution in [3.05, 3.63) is 99.5 Å². The van der Waals surface area contributed by atoms with Gasteiger partial charge in [0.05, 0.1) is 36.3 Å². The highest BCUT2D eigenvalue weighted by atomic mass is 35.5. The van der Waals surface area contributed by atoms with Crippen LogP contribution in [-0.2, 0) is 11.4 Å². The first-order chi connectivity index (χ1) is 17.6. The maximum atomic E-state index is 13.2. The summed E-state index contributed by atoms with van der Waals surface area (Å²) in [4.78, 5) is 17.0. The lowest BCUT2D eigenvalue weighted by atomic mass is 9.86. The van der Waals surface area contributed by atoms with Crippen LogP contribution >= 0.6 is 23.4 Å². The summed E-state index contributed by atoms with van der Waals surface area (Å²) in [7, 11) is 1.64. The van der Waals surface area contributed by atoms with Gasteiger partial charge in [-0.15, -0.1) is 0 Å². The minimum atomic E-state index is -0.272. The van der Waals surface area contributed by atoms with Gasteiger partial charge in [-0.2, -0.15) is 5.26 Å². The zero-order chi connectivity index (χ0) is 25.1. The minimum absolute atomic E-state index is 0.0127. The highest BCUT2D eigenvalue weighted by Crippen LogP contribution is 2.43. The number of halogens is 1. The van der Waals surface area contributed by atoms with Gasteiger partial charge < -0.3 is 14.4 Å². The van der Waals surface area contributed by atoms with E-state index >= 15 is 0 Å². The molecule has 1 saturated heterocycles.